The lowest BCUT2D eigenvalue weighted by Gasteiger charge is -2.22. The molecule has 0 saturated carbocycles. The third-order valence-corrected chi connectivity index (χ3v) is 4.13. The van der Waals surface area contributed by atoms with E-state index in [1.54, 1.807) is 48.5 Å². The lowest BCUT2D eigenvalue weighted by molar-refractivity contribution is 0.00379. The molecule has 0 unspecified atom stereocenters. The zero-order chi connectivity index (χ0) is 20.1. The van der Waals surface area contributed by atoms with Gasteiger partial charge < -0.3 is 20.9 Å². The monoisotopic (exact) mass is 374 g/mol. The van der Waals surface area contributed by atoms with Gasteiger partial charge >= 0.3 is 0 Å². The fourth-order valence-electron chi connectivity index (χ4n) is 2.60. The molecule has 0 spiro atoms. The number of rotatable bonds is 7. The van der Waals surface area contributed by atoms with Crippen molar-refractivity contribution >= 4 is 11.7 Å². The number of nitrogens with one attached hydrogen (secondary N) is 2. The first kappa shape index (κ1) is 19.0. The number of hydrogen-bond donors (Lipinski definition) is 4. The second-order valence-electron chi connectivity index (χ2n) is 6.36. The van der Waals surface area contributed by atoms with E-state index in [-0.39, 0.29) is 11.7 Å². The highest BCUT2D eigenvalue weighted by Crippen LogP contribution is 2.27. The molecular formula is C22H22N4O2. The molecule has 6 nitrogen and oxygen atoms in total. The molecule has 0 amide bonds. The summed E-state index contributed by atoms with van der Waals surface area (Å²) in [6, 6.07) is 21.8. The van der Waals surface area contributed by atoms with Crippen molar-refractivity contribution in [3.8, 4) is 11.5 Å². The van der Waals surface area contributed by atoms with E-state index in [0.717, 1.165) is 11.1 Å². The van der Waals surface area contributed by atoms with Gasteiger partial charge in [-0.25, -0.2) is 0 Å². The lowest BCUT2D eigenvalue weighted by Crippen LogP contribution is -2.17. The van der Waals surface area contributed by atoms with Gasteiger partial charge in [-0.2, -0.15) is 0 Å². The molecule has 3 rings (SSSR count). The van der Waals surface area contributed by atoms with E-state index in [2.05, 4.69) is 0 Å². The number of nitrogens with two attached hydrogens (primary N) is 2. The van der Waals surface area contributed by atoms with Gasteiger partial charge in [0.05, 0.1) is 0 Å². The van der Waals surface area contributed by atoms with Crippen molar-refractivity contribution in [3.63, 3.8) is 0 Å². The maximum atomic E-state index is 7.60. The molecule has 3 aromatic rings. The van der Waals surface area contributed by atoms with Crippen LogP contribution in [0, 0.1) is 17.7 Å². The summed E-state index contributed by atoms with van der Waals surface area (Å²) in [7, 11) is 0. The van der Waals surface area contributed by atoms with Gasteiger partial charge in [-0.05, 0) is 31.2 Å². The summed E-state index contributed by atoms with van der Waals surface area (Å²) in [6.07, 6.45) is -0.731. The first-order valence-electron chi connectivity index (χ1n) is 8.71. The molecule has 0 bridgehead atoms. The third-order valence-electron chi connectivity index (χ3n) is 4.13. The number of ether oxygens (including phenoxy) is 2. The summed E-state index contributed by atoms with van der Waals surface area (Å²) in [5, 5.41) is 15.2. The highest BCUT2D eigenvalue weighted by atomic mass is 16.7. The molecule has 3 aromatic carbocycles. The van der Waals surface area contributed by atoms with Crippen LogP contribution in [0.4, 0.5) is 0 Å². The predicted molar refractivity (Wildman–Crippen MR) is 110 cm³/mol. The van der Waals surface area contributed by atoms with Gasteiger partial charge in [0.25, 0.3) is 6.29 Å². The molecule has 28 heavy (non-hydrogen) atoms. The topological polar surface area (TPSA) is 118 Å². The van der Waals surface area contributed by atoms with E-state index in [9.17, 15) is 0 Å². The van der Waals surface area contributed by atoms with E-state index in [1.165, 1.54) is 0 Å². The van der Waals surface area contributed by atoms with Crippen molar-refractivity contribution in [2.45, 2.75) is 13.2 Å². The van der Waals surface area contributed by atoms with E-state index < -0.39 is 6.29 Å². The zero-order valence-electron chi connectivity index (χ0n) is 15.5. The Kier molecular flexibility index (Phi) is 5.60. The lowest BCUT2D eigenvalue weighted by atomic mass is 10.1. The van der Waals surface area contributed by atoms with Crippen LogP contribution < -0.4 is 20.9 Å². The van der Waals surface area contributed by atoms with Crippen LogP contribution >= 0.6 is 0 Å². The minimum absolute atomic E-state index is 0.0348. The Bertz CT molecular complexity index is 940. The number of nitrogen functional groups attached to an aromatic ring is 2. The quantitative estimate of drug-likeness (QED) is 0.286. The van der Waals surface area contributed by atoms with Crippen molar-refractivity contribution in [2.75, 3.05) is 0 Å². The van der Waals surface area contributed by atoms with E-state index >= 15 is 0 Å². The summed E-state index contributed by atoms with van der Waals surface area (Å²) in [5.74, 6) is 0.988. The Morgan fingerprint density at radius 3 is 1.64 bits per heavy atom. The van der Waals surface area contributed by atoms with Gasteiger partial charge in [-0.3, -0.25) is 10.8 Å². The van der Waals surface area contributed by atoms with Gasteiger partial charge in [0.2, 0.25) is 0 Å². The Morgan fingerprint density at radius 2 is 1.21 bits per heavy atom. The maximum absolute atomic E-state index is 7.60. The summed E-state index contributed by atoms with van der Waals surface area (Å²) in [5.41, 5.74) is 14.2. The van der Waals surface area contributed by atoms with Gasteiger partial charge in [-0.1, -0.05) is 54.1 Å². The largest absolute Gasteiger partial charge is 0.451 e. The van der Waals surface area contributed by atoms with Crippen molar-refractivity contribution in [1.29, 1.82) is 10.8 Å². The minimum atomic E-state index is -0.731. The van der Waals surface area contributed by atoms with Crippen LogP contribution in [0.5, 0.6) is 11.5 Å². The third kappa shape index (κ3) is 4.67. The predicted octanol–water partition coefficient (Wildman–Crippen LogP) is 3.72. The highest BCUT2D eigenvalue weighted by Gasteiger charge is 2.16. The van der Waals surface area contributed by atoms with Gasteiger partial charge in [0.1, 0.15) is 23.2 Å². The number of aryl methyl sites for hydroxylation is 1. The molecule has 6 N–H and O–H groups in total. The highest BCUT2D eigenvalue weighted by molar-refractivity contribution is 5.95. The fourth-order valence-corrected chi connectivity index (χ4v) is 2.60. The van der Waals surface area contributed by atoms with E-state index in [0.29, 0.717) is 22.6 Å². The molecule has 142 valence electrons. The maximum Gasteiger partial charge on any atom is 0.267 e. The van der Waals surface area contributed by atoms with E-state index in [4.69, 9.17) is 31.8 Å². The molecule has 0 aliphatic heterocycles. The van der Waals surface area contributed by atoms with Gasteiger partial charge in [0, 0.05) is 16.7 Å². The first-order chi connectivity index (χ1) is 13.4. The molecule has 0 fully saturated rings. The Labute approximate surface area is 163 Å². The Hall–Kier alpha value is -3.80. The van der Waals surface area contributed by atoms with Crippen molar-refractivity contribution in [3.05, 3.63) is 95.1 Å². The van der Waals surface area contributed by atoms with E-state index in [1.807, 2.05) is 31.2 Å². The molecule has 6 heteroatoms. The summed E-state index contributed by atoms with van der Waals surface area (Å²) in [6.45, 7) is 2.01. The van der Waals surface area contributed by atoms with Crippen LogP contribution in [0.1, 0.15) is 28.5 Å². The fraction of sp³-hybridized carbons (Fsp3) is 0.0909. The normalized spacial score (nSPS) is 11.5. The molecule has 0 aliphatic carbocycles. The molecule has 0 saturated heterocycles. The molecule has 0 aromatic heterocycles. The van der Waals surface area contributed by atoms with Crippen LogP contribution in [-0.4, -0.2) is 11.7 Å². The number of hydrogen-bond acceptors (Lipinski definition) is 4. The van der Waals surface area contributed by atoms with Crippen LogP contribution in [-0.2, 0) is 0 Å². The average Bonchev–Trinajstić information content (AvgIpc) is 2.68. The van der Waals surface area contributed by atoms with Crippen molar-refractivity contribution < 1.29 is 9.47 Å². The van der Waals surface area contributed by atoms with Crippen molar-refractivity contribution in [1.82, 2.24) is 0 Å². The Balaban J connectivity index is 1.92. The van der Waals surface area contributed by atoms with Gasteiger partial charge in [-0.15, -0.1) is 0 Å². The summed E-state index contributed by atoms with van der Waals surface area (Å²) >= 11 is 0. The molecule has 0 radical (unpaired) electrons. The SMILES string of the molecule is Cc1ccc(C(Oc2cccc(C(=N)N)c2)Oc2cccc(C(=N)N)c2)cc1. The molecule has 0 atom stereocenters. The van der Waals surface area contributed by atoms with Crippen LogP contribution in [0.3, 0.4) is 0 Å². The van der Waals surface area contributed by atoms with Crippen LogP contribution in [0.2, 0.25) is 0 Å². The second kappa shape index (κ2) is 8.26. The smallest absolute Gasteiger partial charge is 0.267 e. The average molecular weight is 374 g/mol. The first-order valence-corrected chi connectivity index (χ1v) is 8.71. The van der Waals surface area contributed by atoms with Crippen LogP contribution in [0.15, 0.2) is 72.8 Å². The minimum Gasteiger partial charge on any atom is -0.451 e. The summed E-state index contributed by atoms with van der Waals surface area (Å²) < 4.78 is 12.2. The van der Waals surface area contributed by atoms with Gasteiger partial charge in [0.15, 0.2) is 0 Å². The molecule has 0 aliphatic rings. The molecule has 0 heterocycles. The molecular weight excluding hydrogens is 352 g/mol. The standard InChI is InChI=1S/C22H22N4O2/c1-14-8-10-15(11-9-14)22(27-18-6-2-4-16(12-18)20(23)24)28-19-7-3-5-17(13-19)21(25)26/h2-13,22H,1H3,(H3,23,24)(H3,25,26). The van der Waals surface area contributed by atoms with Crippen molar-refractivity contribution in [2.24, 2.45) is 11.5 Å². The Morgan fingerprint density at radius 1 is 0.750 bits per heavy atom. The van der Waals surface area contributed by atoms with Crippen LogP contribution in [0.25, 0.3) is 0 Å². The number of benzene rings is 3. The summed E-state index contributed by atoms with van der Waals surface area (Å²) in [4.78, 5) is 0. The zero-order valence-corrected chi connectivity index (χ0v) is 15.5. The second-order valence-corrected chi connectivity index (χ2v) is 6.36. The number of amidine groups is 2.